The van der Waals surface area contributed by atoms with Crippen LogP contribution >= 0.6 is 0 Å². The molecule has 0 radical (unpaired) electrons. The molecular weight excluding hydrogens is 274 g/mol. The molecule has 1 aromatic rings. The predicted molar refractivity (Wildman–Crippen MR) is 89.6 cm³/mol. The average molecular weight is 303 g/mol. The number of carboxylic acid groups (broad SMARTS) is 1. The highest BCUT2D eigenvalue weighted by molar-refractivity contribution is 5.67. The molecule has 2 rings (SSSR count). The first-order valence-corrected chi connectivity index (χ1v) is 8.21. The summed E-state index contributed by atoms with van der Waals surface area (Å²) in [6.07, 6.45) is 3.06. The second-order valence-corrected chi connectivity index (χ2v) is 8.11. The minimum atomic E-state index is -0.724. The van der Waals surface area contributed by atoms with Crippen molar-refractivity contribution in [3.8, 4) is 0 Å². The quantitative estimate of drug-likeness (QED) is 0.871. The standard InChI is InChI=1S/C19H29NO2/c1-18(2,3)16-11-19(13-20,12-17(21)22)10-15(16)9-14-7-5-4-6-8-14/h4-8,15-16H,9-13,20H2,1-3H3,(H,21,22)/t15-,16-,19-/m1/s1. The van der Waals surface area contributed by atoms with Crippen LogP contribution < -0.4 is 5.73 Å². The number of aliphatic carboxylic acids is 1. The number of hydrogen-bond donors (Lipinski definition) is 2. The minimum Gasteiger partial charge on any atom is -0.481 e. The zero-order chi connectivity index (χ0) is 16.4. The molecule has 1 aromatic carbocycles. The summed E-state index contributed by atoms with van der Waals surface area (Å²) in [6, 6.07) is 10.5. The van der Waals surface area contributed by atoms with Gasteiger partial charge < -0.3 is 10.8 Å². The van der Waals surface area contributed by atoms with Gasteiger partial charge in [0, 0.05) is 0 Å². The molecule has 3 heteroatoms. The lowest BCUT2D eigenvalue weighted by Gasteiger charge is -2.33. The fraction of sp³-hybridized carbons (Fsp3) is 0.632. The molecular formula is C19H29NO2. The third-order valence-corrected chi connectivity index (χ3v) is 5.33. The largest absolute Gasteiger partial charge is 0.481 e. The van der Waals surface area contributed by atoms with Crippen molar-refractivity contribution in [2.75, 3.05) is 6.54 Å². The van der Waals surface area contributed by atoms with Crippen molar-refractivity contribution in [3.05, 3.63) is 35.9 Å². The Morgan fingerprint density at radius 1 is 1.27 bits per heavy atom. The fourth-order valence-electron chi connectivity index (χ4n) is 4.26. The Hall–Kier alpha value is -1.35. The Kier molecular flexibility index (Phi) is 4.96. The Balaban J connectivity index is 2.23. The summed E-state index contributed by atoms with van der Waals surface area (Å²) >= 11 is 0. The molecule has 1 fully saturated rings. The molecule has 122 valence electrons. The molecule has 0 aromatic heterocycles. The molecule has 0 unspecified atom stereocenters. The van der Waals surface area contributed by atoms with Crippen LogP contribution in [0.4, 0.5) is 0 Å². The molecule has 1 saturated carbocycles. The maximum Gasteiger partial charge on any atom is 0.303 e. The zero-order valence-corrected chi connectivity index (χ0v) is 14.0. The summed E-state index contributed by atoms with van der Waals surface area (Å²) in [5, 5.41) is 9.28. The van der Waals surface area contributed by atoms with Crippen LogP contribution in [0, 0.1) is 22.7 Å². The molecule has 3 nitrogen and oxygen atoms in total. The molecule has 0 amide bonds. The van der Waals surface area contributed by atoms with Crippen molar-refractivity contribution in [2.45, 2.75) is 46.5 Å². The second kappa shape index (κ2) is 6.41. The molecule has 3 atom stereocenters. The van der Waals surface area contributed by atoms with E-state index in [-0.39, 0.29) is 17.3 Å². The highest BCUT2D eigenvalue weighted by Gasteiger charge is 2.48. The van der Waals surface area contributed by atoms with E-state index in [0.29, 0.717) is 18.4 Å². The molecule has 0 heterocycles. The number of carboxylic acids is 1. The van der Waals surface area contributed by atoms with E-state index in [0.717, 1.165) is 19.3 Å². The summed E-state index contributed by atoms with van der Waals surface area (Å²) in [4.78, 5) is 11.3. The number of nitrogens with two attached hydrogens (primary N) is 1. The van der Waals surface area contributed by atoms with Gasteiger partial charge in [-0.2, -0.15) is 0 Å². The van der Waals surface area contributed by atoms with Crippen LogP contribution in [0.5, 0.6) is 0 Å². The average Bonchev–Trinajstić information content (AvgIpc) is 2.78. The van der Waals surface area contributed by atoms with Crippen molar-refractivity contribution in [1.29, 1.82) is 0 Å². The third-order valence-electron chi connectivity index (χ3n) is 5.33. The number of benzene rings is 1. The van der Waals surface area contributed by atoms with Crippen LogP contribution in [0.25, 0.3) is 0 Å². The number of hydrogen-bond acceptors (Lipinski definition) is 2. The summed E-state index contributed by atoms with van der Waals surface area (Å²) < 4.78 is 0. The maximum absolute atomic E-state index is 11.3. The van der Waals surface area contributed by atoms with Gasteiger partial charge in [-0.15, -0.1) is 0 Å². The molecule has 3 N–H and O–H groups in total. The van der Waals surface area contributed by atoms with E-state index in [1.807, 2.05) is 6.07 Å². The number of carbonyl (C=O) groups is 1. The van der Waals surface area contributed by atoms with E-state index in [4.69, 9.17) is 5.73 Å². The molecule has 0 spiro atoms. The van der Waals surface area contributed by atoms with Crippen LogP contribution in [0.3, 0.4) is 0 Å². The van der Waals surface area contributed by atoms with Gasteiger partial charge in [0.2, 0.25) is 0 Å². The first-order chi connectivity index (χ1) is 10.3. The SMILES string of the molecule is CC(C)(C)[C@@H]1C[C@@](CN)(CC(=O)O)C[C@H]1Cc1ccccc1. The Bertz CT molecular complexity index is 506. The number of rotatable bonds is 5. The van der Waals surface area contributed by atoms with Gasteiger partial charge in [-0.3, -0.25) is 4.79 Å². The van der Waals surface area contributed by atoms with Crippen molar-refractivity contribution in [1.82, 2.24) is 0 Å². The van der Waals surface area contributed by atoms with E-state index >= 15 is 0 Å². The van der Waals surface area contributed by atoms with Crippen molar-refractivity contribution in [3.63, 3.8) is 0 Å². The van der Waals surface area contributed by atoms with Crippen LogP contribution in [0.15, 0.2) is 30.3 Å². The summed E-state index contributed by atoms with van der Waals surface area (Å²) in [6.45, 7) is 7.27. The van der Waals surface area contributed by atoms with Crippen molar-refractivity contribution < 1.29 is 9.90 Å². The van der Waals surface area contributed by atoms with E-state index in [1.54, 1.807) is 0 Å². The lowest BCUT2D eigenvalue weighted by atomic mass is 9.72. The molecule has 1 aliphatic carbocycles. The monoisotopic (exact) mass is 303 g/mol. The Labute approximate surface area is 133 Å². The van der Waals surface area contributed by atoms with Crippen molar-refractivity contribution >= 4 is 5.97 Å². The van der Waals surface area contributed by atoms with E-state index in [2.05, 4.69) is 45.0 Å². The lowest BCUT2D eigenvalue weighted by Crippen LogP contribution is -2.31. The Morgan fingerprint density at radius 3 is 2.41 bits per heavy atom. The summed E-state index contributed by atoms with van der Waals surface area (Å²) in [7, 11) is 0. The van der Waals surface area contributed by atoms with E-state index < -0.39 is 5.97 Å². The van der Waals surface area contributed by atoms with Gasteiger partial charge in [-0.05, 0) is 54.0 Å². The highest BCUT2D eigenvalue weighted by Crippen LogP contribution is 2.54. The second-order valence-electron chi connectivity index (χ2n) is 8.11. The first kappa shape index (κ1) is 17.0. The summed E-state index contributed by atoms with van der Waals surface area (Å²) in [5.41, 5.74) is 7.30. The van der Waals surface area contributed by atoms with Gasteiger partial charge in [-0.1, -0.05) is 51.1 Å². The van der Waals surface area contributed by atoms with Gasteiger partial charge in [0.05, 0.1) is 6.42 Å². The smallest absolute Gasteiger partial charge is 0.303 e. The normalized spacial score (nSPS) is 28.7. The minimum absolute atomic E-state index is 0.175. The lowest BCUT2D eigenvalue weighted by molar-refractivity contribution is -0.139. The van der Waals surface area contributed by atoms with Crippen molar-refractivity contribution in [2.24, 2.45) is 28.4 Å². The van der Waals surface area contributed by atoms with Gasteiger partial charge in [0.25, 0.3) is 0 Å². The van der Waals surface area contributed by atoms with Gasteiger partial charge in [0.1, 0.15) is 0 Å². The fourth-order valence-corrected chi connectivity index (χ4v) is 4.26. The van der Waals surface area contributed by atoms with Crippen LogP contribution in [-0.2, 0) is 11.2 Å². The van der Waals surface area contributed by atoms with Crippen LogP contribution in [0.2, 0.25) is 0 Å². The predicted octanol–water partition coefficient (Wildman–Crippen LogP) is 3.72. The Morgan fingerprint density at radius 2 is 1.91 bits per heavy atom. The summed E-state index contributed by atoms with van der Waals surface area (Å²) in [5.74, 6) is 0.291. The van der Waals surface area contributed by atoms with Crippen LogP contribution in [0.1, 0.15) is 45.6 Å². The van der Waals surface area contributed by atoms with Gasteiger partial charge >= 0.3 is 5.97 Å². The topological polar surface area (TPSA) is 63.3 Å². The molecule has 22 heavy (non-hydrogen) atoms. The molecule has 0 aliphatic heterocycles. The van der Waals surface area contributed by atoms with Gasteiger partial charge in [0.15, 0.2) is 0 Å². The van der Waals surface area contributed by atoms with Crippen LogP contribution in [-0.4, -0.2) is 17.6 Å². The van der Waals surface area contributed by atoms with Gasteiger partial charge in [-0.25, -0.2) is 0 Å². The molecule has 1 aliphatic rings. The molecule has 0 bridgehead atoms. The third kappa shape index (κ3) is 3.89. The van der Waals surface area contributed by atoms with E-state index in [1.165, 1.54) is 5.56 Å². The highest BCUT2D eigenvalue weighted by atomic mass is 16.4. The molecule has 0 saturated heterocycles. The van der Waals surface area contributed by atoms with E-state index in [9.17, 15) is 9.90 Å². The first-order valence-electron chi connectivity index (χ1n) is 8.21. The zero-order valence-electron chi connectivity index (χ0n) is 14.0. The maximum atomic E-state index is 11.3.